The highest BCUT2D eigenvalue weighted by molar-refractivity contribution is 5.83. The maximum Gasteiger partial charge on any atom is 0.134 e. The van der Waals surface area contributed by atoms with Gasteiger partial charge in [-0.3, -0.25) is 0 Å². The zero-order chi connectivity index (χ0) is 12.5. The minimum absolute atomic E-state index is 0.320. The predicted octanol–water partition coefficient (Wildman–Crippen LogP) is 2.95. The fourth-order valence-electron chi connectivity index (χ4n) is 2.84. The third-order valence-electron chi connectivity index (χ3n) is 3.73. The average Bonchev–Trinajstić information content (AvgIpc) is 2.57. The van der Waals surface area contributed by atoms with Gasteiger partial charge in [0.2, 0.25) is 0 Å². The number of benzene rings is 1. The van der Waals surface area contributed by atoms with Gasteiger partial charge in [-0.2, -0.15) is 0 Å². The third-order valence-corrected chi connectivity index (χ3v) is 3.73. The Hall–Kier alpha value is -1.48. The zero-order valence-electron chi connectivity index (χ0n) is 10.8. The van der Waals surface area contributed by atoms with Crippen LogP contribution in [-0.2, 0) is 12.8 Å². The molecule has 0 unspecified atom stereocenters. The summed E-state index contributed by atoms with van der Waals surface area (Å²) >= 11 is 0. The molecule has 1 aliphatic heterocycles. The molecule has 3 heteroatoms. The minimum atomic E-state index is 0.320. The number of nitrogens with zero attached hydrogens (tertiary/aromatic N) is 1. The fourth-order valence-corrected chi connectivity index (χ4v) is 2.84. The molecular weight excluding hydrogens is 226 g/mol. The van der Waals surface area contributed by atoms with Gasteiger partial charge >= 0.3 is 0 Å². The van der Waals surface area contributed by atoms with E-state index in [0.29, 0.717) is 5.75 Å². The number of phenols is 1. The van der Waals surface area contributed by atoms with Crippen LogP contribution >= 0.6 is 0 Å². The SMILES string of the molecule is CCCN1CCc2oc3ccc(O)cc3c2CC1. The van der Waals surface area contributed by atoms with Crippen LogP contribution in [0.5, 0.6) is 5.75 Å². The molecule has 3 rings (SSSR count). The van der Waals surface area contributed by atoms with Crippen molar-refractivity contribution in [3.05, 3.63) is 29.5 Å². The lowest BCUT2D eigenvalue weighted by Gasteiger charge is -2.18. The van der Waals surface area contributed by atoms with Crippen LogP contribution in [0, 0.1) is 0 Å². The Morgan fingerprint density at radius 1 is 1.28 bits per heavy atom. The van der Waals surface area contributed by atoms with Gasteiger partial charge in [-0.05, 0) is 37.6 Å². The van der Waals surface area contributed by atoms with Gasteiger partial charge < -0.3 is 14.4 Å². The van der Waals surface area contributed by atoms with Gasteiger partial charge in [0.05, 0.1) is 0 Å². The summed E-state index contributed by atoms with van der Waals surface area (Å²) in [4.78, 5) is 2.49. The first kappa shape index (κ1) is 11.6. The van der Waals surface area contributed by atoms with Crippen LogP contribution in [0.4, 0.5) is 0 Å². The number of rotatable bonds is 2. The topological polar surface area (TPSA) is 36.6 Å². The first-order valence-corrected chi connectivity index (χ1v) is 6.73. The first-order valence-electron chi connectivity index (χ1n) is 6.73. The summed E-state index contributed by atoms with van der Waals surface area (Å²) in [5.41, 5.74) is 2.20. The highest BCUT2D eigenvalue weighted by Gasteiger charge is 2.19. The van der Waals surface area contributed by atoms with E-state index in [1.165, 1.54) is 12.0 Å². The summed E-state index contributed by atoms with van der Waals surface area (Å²) in [5, 5.41) is 10.7. The standard InChI is InChI=1S/C15H19NO2/c1-2-7-16-8-5-12-13-10-11(17)3-4-14(13)18-15(12)6-9-16/h3-4,10,17H,2,5-9H2,1H3. The Morgan fingerprint density at radius 2 is 2.11 bits per heavy atom. The number of fused-ring (bicyclic) bond motifs is 3. The lowest BCUT2D eigenvalue weighted by Crippen LogP contribution is -2.27. The zero-order valence-corrected chi connectivity index (χ0v) is 10.8. The van der Waals surface area contributed by atoms with Gasteiger partial charge in [0, 0.05) is 30.5 Å². The van der Waals surface area contributed by atoms with Gasteiger partial charge in [0.1, 0.15) is 17.1 Å². The van der Waals surface area contributed by atoms with Crippen LogP contribution in [0.1, 0.15) is 24.7 Å². The minimum Gasteiger partial charge on any atom is -0.508 e. The van der Waals surface area contributed by atoms with Gasteiger partial charge in [0.25, 0.3) is 0 Å². The molecule has 1 aromatic heterocycles. The summed E-state index contributed by atoms with van der Waals surface area (Å²) in [6.07, 6.45) is 3.19. The lowest BCUT2D eigenvalue weighted by atomic mass is 10.1. The molecular formula is C15H19NO2. The van der Waals surface area contributed by atoms with Crippen molar-refractivity contribution >= 4 is 11.0 Å². The number of furan rings is 1. The van der Waals surface area contributed by atoms with Crippen LogP contribution in [0.2, 0.25) is 0 Å². The molecule has 0 fully saturated rings. The van der Waals surface area contributed by atoms with Crippen molar-refractivity contribution in [3.63, 3.8) is 0 Å². The molecule has 1 N–H and O–H groups in total. The summed E-state index contributed by atoms with van der Waals surface area (Å²) in [6.45, 7) is 5.54. The van der Waals surface area contributed by atoms with Crippen LogP contribution in [0.25, 0.3) is 11.0 Å². The van der Waals surface area contributed by atoms with E-state index in [4.69, 9.17) is 4.42 Å². The largest absolute Gasteiger partial charge is 0.508 e. The van der Waals surface area contributed by atoms with Crippen LogP contribution in [0.3, 0.4) is 0 Å². The van der Waals surface area contributed by atoms with Crippen molar-refractivity contribution in [3.8, 4) is 5.75 Å². The van der Waals surface area contributed by atoms with Gasteiger partial charge in [-0.15, -0.1) is 0 Å². The Kier molecular flexibility index (Phi) is 3.00. The fraction of sp³-hybridized carbons (Fsp3) is 0.467. The van der Waals surface area contributed by atoms with E-state index < -0.39 is 0 Å². The molecule has 0 saturated heterocycles. The second kappa shape index (κ2) is 4.65. The van der Waals surface area contributed by atoms with Gasteiger partial charge in [-0.25, -0.2) is 0 Å². The smallest absolute Gasteiger partial charge is 0.134 e. The molecule has 0 saturated carbocycles. The van der Waals surface area contributed by atoms with Crippen LogP contribution in [0.15, 0.2) is 22.6 Å². The lowest BCUT2D eigenvalue weighted by molar-refractivity contribution is 0.284. The normalized spacial score (nSPS) is 16.7. The number of hydrogen-bond donors (Lipinski definition) is 1. The third kappa shape index (κ3) is 1.99. The van der Waals surface area contributed by atoms with Crippen molar-refractivity contribution in [1.29, 1.82) is 0 Å². The molecule has 1 aromatic carbocycles. The van der Waals surface area contributed by atoms with E-state index >= 15 is 0 Å². The molecule has 96 valence electrons. The van der Waals surface area contributed by atoms with Crippen molar-refractivity contribution in [2.75, 3.05) is 19.6 Å². The Bertz CT molecular complexity index is 559. The number of aromatic hydroxyl groups is 1. The van der Waals surface area contributed by atoms with Crippen molar-refractivity contribution < 1.29 is 9.52 Å². The maximum atomic E-state index is 9.60. The summed E-state index contributed by atoms with van der Waals surface area (Å²) in [5.74, 6) is 1.43. The highest BCUT2D eigenvalue weighted by Crippen LogP contribution is 2.31. The van der Waals surface area contributed by atoms with Gasteiger partial charge in [0.15, 0.2) is 0 Å². The van der Waals surface area contributed by atoms with Crippen molar-refractivity contribution in [2.45, 2.75) is 26.2 Å². The molecule has 0 aliphatic carbocycles. The molecule has 2 aromatic rings. The second-order valence-electron chi connectivity index (χ2n) is 5.03. The molecule has 0 bridgehead atoms. The van der Waals surface area contributed by atoms with Crippen molar-refractivity contribution in [1.82, 2.24) is 4.90 Å². The maximum absolute atomic E-state index is 9.60. The van der Waals surface area contributed by atoms with E-state index in [2.05, 4.69) is 11.8 Å². The van der Waals surface area contributed by atoms with E-state index in [1.807, 2.05) is 12.1 Å². The van der Waals surface area contributed by atoms with Crippen molar-refractivity contribution in [2.24, 2.45) is 0 Å². The molecule has 1 aliphatic rings. The van der Waals surface area contributed by atoms with E-state index in [1.54, 1.807) is 6.07 Å². The number of hydrogen-bond acceptors (Lipinski definition) is 3. The summed E-state index contributed by atoms with van der Waals surface area (Å²) in [6, 6.07) is 5.38. The summed E-state index contributed by atoms with van der Waals surface area (Å²) in [7, 11) is 0. The Balaban J connectivity index is 1.95. The molecule has 0 spiro atoms. The molecule has 0 amide bonds. The van der Waals surface area contributed by atoms with Crippen LogP contribution < -0.4 is 0 Å². The Morgan fingerprint density at radius 3 is 2.94 bits per heavy atom. The van der Waals surface area contributed by atoms with E-state index in [-0.39, 0.29) is 0 Å². The second-order valence-corrected chi connectivity index (χ2v) is 5.03. The van der Waals surface area contributed by atoms with E-state index in [0.717, 1.165) is 49.2 Å². The monoisotopic (exact) mass is 245 g/mol. The van der Waals surface area contributed by atoms with E-state index in [9.17, 15) is 5.11 Å². The average molecular weight is 245 g/mol. The molecule has 2 heterocycles. The number of phenolic OH excluding ortho intramolecular Hbond substituents is 1. The molecule has 3 nitrogen and oxygen atoms in total. The van der Waals surface area contributed by atoms with Crippen LogP contribution in [-0.4, -0.2) is 29.6 Å². The first-order chi connectivity index (χ1) is 8.78. The highest BCUT2D eigenvalue weighted by atomic mass is 16.3. The predicted molar refractivity (Wildman–Crippen MR) is 72.0 cm³/mol. The quantitative estimate of drug-likeness (QED) is 0.883. The molecule has 0 atom stereocenters. The van der Waals surface area contributed by atoms with Gasteiger partial charge in [-0.1, -0.05) is 6.92 Å². The Labute approximate surface area is 107 Å². The molecule has 0 radical (unpaired) electrons. The summed E-state index contributed by atoms with van der Waals surface area (Å²) < 4.78 is 5.91. The molecule has 18 heavy (non-hydrogen) atoms.